The summed E-state index contributed by atoms with van der Waals surface area (Å²) in [6.07, 6.45) is 2.39. The van der Waals surface area contributed by atoms with E-state index in [1.165, 1.54) is 13.2 Å². The molecule has 3 aromatic rings. The van der Waals surface area contributed by atoms with E-state index in [1.54, 1.807) is 24.4 Å². The van der Waals surface area contributed by atoms with Crippen LogP contribution in [0.5, 0.6) is 5.75 Å². The van der Waals surface area contributed by atoms with Gasteiger partial charge in [0.25, 0.3) is 5.91 Å². The monoisotopic (exact) mass is 620 g/mol. The standard InChI is InChI=1S/C30H35Cl2FN4O5/c1-16-11-35(12-17(2)36(16)13-21(39)15-38)27-25(33)9-22-26(29(27)42-3)37(20-6-7-20)14-23(28(22)40)30(41)34-10-18-4-5-19(31)8-24(18)32/h4-5,8-9,14,16-17,20-21,38-39H,6-7,10-13,15H2,1-3H3,(H,34,41)/t16-,17+,21-/m0/s1. The second kappa shape index (κ2) is 12.4. The topological polar surface area (TPSA) is 107 Å². The Morgan fingerprint density at radius 1 is 1.19 bits per heavy atom. The summed E-state index contributed by atoms with van der Waals surface area (Å²) in [5.41, 5.74) is 0.679. The van der Waals surface area contributed by atoms with E-state index in [-0.39, 0.29) is 53.7 Å². The van der Waals surface area contributed by atoms with Crippen molar-refractivity contribution in [1.29, 1.82) is 0 Å². The van der Waals surface area contributed by atoms with Crippen LogP contribution in [-0.4, -0.2) is 77.1 Å². The van der Waals surface area contributed by atoms with E-state index in [1.807, 2.05) is 23.3 Å². The van der Waals surface area contributed by atoms with E-state index >= 15 is 4.39 Å². The number of β-amino-alcohol motifs (C(OH)–C–C–N with tert-alkyl or cyclic N) is 1. The third-order valence-corrected chi connectivity index (χ3v) is 8.68. The number of rotatable bonds is 9. The minimum atomic E-state index is -0.865. The molecule has 1 aliphatic heterocycles. The quantitative estimate of drug-likeness (QED) is 0.332. The second-order valence-electron chi connectivity index (χ2n) is 11.2. The number of carbonyl (C=O) groups is 1. The molecule has 0 radical (unpaired) electrons. The fourth-order valence-corrected chi connectivity index (χ4v) is 6.34. The number of methoxy groups -OCH3 is 1. The first kappa shape index (κ1) is 30.6. The van der Waals surface area contributed by atoms with E-state index < -0.39 is 23.3 Å². The summed E-state index contributed by atoms with van der Waals surface area (Å²) in [6.45, 7) is 4.93. The normalized spacial score (nSPS) is 20.1. The van der Waals surface area contributed by atoms with Crippen molar-refractivity contribution in [1.82, 2.24) is 14.8 Å². The number of fused-ring (bicyclic) bond motifs is 1. The number of anilines is 1. The Bertz CT molecular complexity index is 1550. The minimum Gasteiger partial charge on any atom is -0.492 e. The molecule has 5 rings (SSSR count). The molecular weight excluding hydrogens is 586 g/mol. The van der Waals surface area contributed by atoms with Gasteiger partial charge in [0.1, 0.15) is 11.3 Å². The Labute approximate surface area is 253 Å². The molecule has 1 saturated heterocycles. The van der Waals surface area contributed by atoms with Gasteiger partial charge in [-0.2, -0.15) is 0 Å². The Morgan fingerprint density at radius 3 is 2.48 bits per heavy atom. The number of aromatic nitrogens is 1. The number of nitrogens with zero attached hydrogens (tertiary/aromatic N) is 3. The van der Waals surface area contributed by atoms with E-state index in [9.17, 15) is 19.8 Å². The van der Waals surface area contributed by atoms with Crippen LogP contribution in [-0.2, 0) is 6.54 Å². The molecule has 2 aromatic carbocycles. The van der Waals surface area contributed by atoms with Crippen LogP contribution in [0.4, 0.5) is 10.1 Å². The van der Waals surface area contributed by atoms with Gasteiger partial charge in [0, 0.05) is 60.5 Å². The summed E-state index contributed by atoms with van der Waals surface area (Å²) in [7, 11) is 1.45. The lowest BCUT2D eigenvalue weighted by Gasteiger charge is -2.46. The lowest BCUT2D eigenvalue weighted by atomic mass is 10.0. The molecule has 3 N–H and O–H groups in total. The molecule has 0 bridgehead atoms. The van der Waals surface area contributed by atoms with Gasteiger partial charge in [-0.15, -0.1) is 0 Å². The molecule has 12 heteroatoms. The smallest absolute Gasteiger partial charge is 0.257 e. The van der Waals surface area contributed by atoms with Crippen LogP contribution >= 0.6 is 23.2 Å². The maximum absolute atomic E-state index is 16.0. The summed E-state index contributed by atoms with van der Waals surface area (Å²) in [6, 6.07) is 6.09. The van der Waals surface area contributed by atoms with Crippen molar-refractivity contribution in [3.63, 3.8) is 0 Å². The fraction of sp³-hybridized carbons (Fsp3) is 0.467. The number of aliphatic hydroxyl groups is 2. The third-order valence-electron chi connectivity index (χ3n) is 8.09. The molecule has 1 aliphatic carbocycles. The zero-order valence-electron chi connectivity index (χ0n) is 23.7. The van der Waals surface area contributed by atoms with Gasteiger partial charge < -0.3 is 29.7 Å². The Hall–Kier alpha value is -2.89. The van der Waals surface area contributed by atoms with Crippen LogP contribution in [0.25, 0.3) is 10.9 Å². The van der Waals surface area contributed by atoms with Gasteiger partial charge in [0.2, 0.25) is 5.43 Å². The highest BCUT2D eigenvalue weighted by Gasteiger charge is 2.35. The van der Waals surface area contributed by atoms with Gasteiger partial charge in [-0.1, -0.05) is 29.3 Å². The number of piperazine rings is 1. The van der Waals surface area contributed by atoms with Crippen molar-refractivity contribution in [2.24, 2.45) is 0 Å². The molecular formula is C30H35Cl2FN4O5. The zero-order valence-corrected chi connectivity index (χ0v) is 25.3. The number of aliphatic hydroxyl groups excluding tert-OH is 2. The second-order valence-corrected chi connectivity index (χ2v) is 12.0. The first-order chi connectivity index (χ1) is 20.0. The number of amides is 1. The fourth-order valence-electron chi connectivity index (χ4n) is 5.87. The van der Waals surface area contributed by atoms with Gasteiger partial charge in [-0.05, 0) is 50.5 Å². The molecule has 1 aromatic heterocycles. The van der Waals surface area contributed by atoms with E-state index in [0.717, 1.165) is 12.8 Å². The van der Waals surface area contributed by atoms with Crippen molar-refractivity contribution < 1.29 is 24.1 Å². The van der Waals surface area contributed by atoms with Crippen LogP contribution in [0, 0.1) is 5.82 Å². The van der Waals surface area contributed by atoms with Crippen LogP contribution in [0.1, 0.15) is 48.7 Å². The first-order valence-corrected chi connectivity index (χ1v) is 14.8. The van der Waals surface area contributed by atoms with Crippen LogP contribution < -0.4 is 20.4 Å². The summed E-state index contributed by atoms with van der Waals surface area (Å²) in [5.74, 6) is -0.959. The average Bonchev–Trinajstić information content (AvgIpc) is 3.79. The van der Waals surface area contributed by atoms with Crippen molar-refractivity contribution in [2.75, 3.05) is 38.3 Å². The highest BCUT2D eigenvalue weighted by molar-refractivity contribution is 6.35. The largest absolute Gasteiger partial charge is 0.492 e. The third kappa shape index (κ3) is 5.96. The lowest BCUT2D eigenvalue weighted by Crippen LogP contribution is -2.58. The summed E-state index contributed by atoms with van der Waals surface area (Å²) < 4.78 is 23.7. The van der Waals surface area contributed by atoms with E-state index in [4.69, 9.17) is 27.9 Å². The number of nitrogens with one attached hydrogen (secondary N) is 1. The number of carbonyl (C=O) groups excluding carboxylic acids is 1. The van der Waals surface area contributed by atoms with Crippen molar-refractivity contribution in [3.05, 3.63) is 67.7 Å². The molecule has 0 unspecified atom stereocenters. The van der Waals surface area contributed by atoms with Gasteiger partial charge in [-0.3, -0.25) is 14.5 Å². The molecule has 2 heterocycles. The maximum atomic E-state index is 16.0. The van der Waals surface area contributed by atoms with Gasteiger partial charge in [0.05, 0.1) is 30.7 Å². The molecule has 1 amide bonds. The molecule has 3 atom stereocenters. The highest BCUT2D eigenvalue weighted by Crippen LogP contribution is 2.44. The molecule has 0 spiro atoms. The molecule has 2 aliphatic rings. The highest BCUT2D eigenvalue weighted by atomic mass is 35.5. The number of ether oxygens (including phenoxy) is 1. The number of benzene rings is 2. The molecule has 1 saturated carbocycles. The summed E-state index contributed by atoms with van der Waals surface area (Å²) in [5, 5.41) is 23.0. The molecule has 9 nitrogen and oxygen atoms in total. The number of hydrogen-bond acceptors (Lipinski definition) is 7. The van der Waals surface area contributed by atoms with Gasteiger partial charge in [0.15, 0.2) is 11.6 Å². The van der Waals surface area contributed by atoms with Gasteiger partial charge >= 0.3 is 0 Å². The van der Waals surface area contributed by atoms with Crippen molar-refractivity contribution in [2.45, 2.75) is 57.5 Å². The van der Waals surface area contributed by atoms with E-state index in [0.29, 0.717) is 40.8 Å². The molecule has 42 heavy (non-hydrogen) atoms. The molecule has 226 valence electrons. The van der Waals surface area contributed by atoms with Crippen LogP contribution in [0.15, 0.2) is 35.3 Å². The zero-order chi connectivity index (χ0) is 30.3. The van der Waals surface area contributed by atoms with Gasteiger partial charge in [-0.25, -0.2) is 4.39 Å². The Morgan fingerprint density at radius 2 is 1.88 bits per heavy atom. The van der Waals surface area contributed by atoms with Crippen LogP contribution in [0.2, 0.25) is 10.0 Å². The molecule has 2 fully saturated rings. The lowest BCUT2D eigenvalue weighted by molar-refractivity contribution is 0.0257. The maximum Gasteiger partial charge on any atom is 0.257 e. The number of pyridine rings is 1. The van der Waals surface area contributed by atoms with Crippen LogP contribution in [0.3, 0.4) is 0 Å². The summed E-state index contributed by atoms with van der Waals surface area (Å²) >= 11 is 12.2. The van der Waals surface area contributed by atoms with Crippen molar-refractivity contribution >= 4 is 45.7 Å². The van der Waals surface area contributed by atoms with Crippen molar-refractivity contribution in [3.8, 4) is 5.75 Å². The predicted octanol–water partition coefficient (Wildman–Crippen LogP) is 3.97. The Kier molecular flexibility index (Phi) is 9.01. The predicted molar refractivity (Wildman–Crippen MR) is 162 cm³/mol. The average molecular weight is 622 g/mol. The number of halogens is 3. The Balaban J connectivity index is 1.52. The summed E-state index contributed by atoms with van der Waals surface area (Å²) in [4.78, 5) is 30.9. The first-order valence-electron chi connectivity index (χ1n) is 14.0. The minimum absolute atomic E-state index is 0.0484. The number of hydrogen-bond donors (Lipinski definition) is 3. The van der Waals surface area contributed by atoms with E-state index in [2.05, 4.69) is 10.2 Å². The SMILES string of the molecule is COc1c(N2C[C@@H](C)N(C[C@H](O)CO)[C@@H](C)C2)c(F)cc2c(=O)c(C(=O)NCc3ccc(Cl)cc3Cl)cn(C3CC3)c12.